The summed E-state index contributed by atoms with van der Waals surface area (Å²) in [6.07, 6.45) is 2.67. The van der Waals surface area contributed by atoms with Crippen LogP contribution < -0.4 is 10.9 Å². The molecule has 4 aromatic rings. The smallest absolute Gasteiger partial charge is 0.267 e. The number of hydrogen-bond donors (Lipinski definition) is 2. The second-order valence-corrected chi connectivity index (χ2v) is 6.94. The summed E-state index contributed by atoms with van der Waals surface area (Å²) in [6.45, 7) is 2.17. The Hall–Kier alpha value is -3.67. The Morgan fingerprint density at radius 2 is 1.83 bits per heavy atom. The largest absolute Gasteiger partial charge is 0.361 e. The number of fused-ring (bicyclic) bond motifs is 1. The summed E-state index contributed by atoms with van der Waals surface area (Å²) in [6, 6.07) is 20.1. The number of aromatic amines is 1. The van der Waals surface area contributed by atoms with Crippen molar-refractivity contribution in [1.82, 2.24) is 20.1 Å². The van der Waals surface area contributed by atoms with Crippen LogP contribution in [0, 0.1) is 0 Å². The number of amides is 1. The zero-order valence-corrected chi connectivity index (χ0v) is 16.1. The van der Waals surface area contributed by atoms with Crippen LogP contribution in [-0.4, -0.2) is 27.2 Å². The fourth-order valence-corrected chi connectivity index (χ4v) is 3.38. The van der Waals surface area contributed by atoms with Gasteiger partial charge in [-0.05, 0) is 31.0 Å². The number of carbonyl (C=O) groups is 1. The Bertz CT molecular complexity index is 1190. The number of rotatable bonds is 6. The standard InChI is InChI=1S/C23H22N4O2/c1-16(27-22(28)12-11-20(26-27)17-7-3-2-4-8-17)23(29)24-14-13-18-15-25-21-10-6-5-9-19(18)21/h2-12,15-16,25H,13-14H2,1H3,(H,24,29)/t16-/m1/s1. The minimum Gasteiger partial charge on any atom is -0.361 e. The molecule has 4 rings (SSSR count). The van der Waals surface area contributed by atoms with Gasteiger partial charge in [0, 0.05) is 35.3 Å². The second kappa shape index (κ2) is 8.14. The van der Waals surface area contributed by atoms with Crippen molar-refractivity contribution in [2.45, 2.75) is 19.4 Å². The van der Waals surface area contributed by atoms with Crippen molar-refractivity contribution in [2.75, 3.05) is 6.54 Å². The molecule has 1 amide bonds. The highest BCUT2D eigenvalue weighted by Gasteiger charge is 2.18. The molecule has 0 aliphatic heterocycles. The van der Waals surface area contributed by atoms with Gasteiger partial charge in [-0.15, -0.1) is 0 Å². The zero-order valence-electron chi connectivity index (χ0n) is 16.1. The van der Waals surface area contributed by atoms with Gasteiger partial charge in [0.25, 0.3) is 5.56 Å². The molecule has 2 aromatic heterocycles. The molecule has 0 aliphatic rings. The number of carbonyl (C=O) groups excluding carboxylic acids is 1. The Balaban J connectivity index is 1.44. The van der Waals surface area contributed by atoms with Gasteiger partial charge in [0.2, 0.25) is 5.91 Å². The van der Waals surface area contributed by atoms with Crippen LogP contribution in [0.25, 0.3) is 22.2 Å². The van der Waals surface area contributed by atoms with Crippen LogP contribution in [0.2, 0.25) is 0 Å². The molecule has 1 atom stereocenters. The van der Waals surface area contributed by atoms with Crippen molar-refractivity contribution in [3.63, 3.8) is 0 Å². The van der Waals surface area contributed by atoms with E-state index < -0.39 is 6.04 Å². The van der Waals surface area contributed by atoms with Crippen molar-refractivity contribution < 1.29 is 4.79 Å². The van der Waals surface area contributed by atoms with E-state index in [1.807, 2.05) is 54.7 Å². The second-order valence-electron chi connectivity index (χ2n) is 6.94. The maximum absolute atomic E-state index is 12.6. The molecule has 0 spiro atoms. The van der Waals surface area contributed by atoms with Crippen LogP contribution in [0.1, 0.15) is 18.5 Å². The molecule has 29 heavy (non-hydrogen) atoms. The summed E-state index contributed by atoms with van der Waals surface area (Å²) >= 11 is 0. The van der Waals surface area contributed by atoms with E-state index >= 15 is 0 Å². The van der Waals surface area contributed by atoms with E-state index in [2.05, 4.69) is 21.5 Å². The van der Waals surface area contributed by atoms with Crippen molar-refractivity contribution in [2.24, 2.45) is 0 Å². The van der Waals surface area contributed by atoms with Gasteiger partial charge in [-0.1, -0.05) is 48.5 Å². The fourth-order valence-electron chi connectivity index (χ4n) is 3.38. The molecule has 0 saturated heterocycles. The Morgan fingerprint density at radius 3 is 2.66 bits per heavy atom. The maximum Gasteiger partial charge on any atom is 0.267 e. The summed E-state index contributed by atoms with van der Waals surface area (Å²) in [7, 11) is 0. The first-order valence-corrected chi connectivity index (χ1v) is 9.61. The first kappa shape index (κ1) is 18.7. The van der Waals surface area contributed by atoms with Crippen LogP contribution in [0.4, 0.5) is 0 Å². The third kappa shape index (κ3) is 3.96. The average molecular weight is 386 g/mol. The van der Waals surface area contributed by atoms with E-state index in [4.69, 9.17) is 0 Å². The van der Waals surface area contributed by atoms with E-state index in [9.17, 15) is 9.59 Å². The quantitative estimate of drug-likeness (QED) is 0.534. The number of nitrogens with zero attached hydrogens (tertiary/aromatic N) is 2. The van der Waals surface area contributed by atoms with Crippen LogP contribution in [0.15, 0.2) is 77.7 Å². The van der Waals surface area contributed by atoms with Gasteiger partial charge in [-0.25, -0.2) is 4.68 Å². The first-order chi connectivity index (χ1) is 14.1. The van der Waals surface area contributed by atoms with E-state index in [1.165, 1.54) is 10.7 Å². The normalized spacial score (nSPS) is 12.0. The van der Waals surface area contributed by atoms with Crippen LogP contribution in [0.5, 0.6) is 0 Å². The lowest BCUT2D eigenvalue weighted by atomic mass is 10.1. The molecule has 2 heterocycles. The highest BCUT2D eigenvalue weighted by atomic mass is 16.2. The molecular weight excluding hydrogens is 364 g/mol. The number of H-pyrrole nitrogens is 1. The van der Waals surface area contributed by atoms with Crippen LogP contribution in [0.3, 0.4) is 0 Å². The summed E-state index contributed by atoms with van der Waals surface area (Å²) in [5.41, 5.74) is 3.48. The van der Waals surface area contributed by atoms with Gasteiger partial charge >= 0.3 is 0 Å². The fraction of sp³-hybridized carbons (Fsp3) is 0.174. The first-order valence-electron chi connectivity index (χ1n) is 9.61. The lowest BCUT2D eigenvalue weighted by Crippen LogP contribution is -2.37. The van der Waals surface area contributed by atoms with Gasteiger partial charge in [0.05, 0.1) is 5.69 Å². The Morgan fingerprint density at radius 1 is 1.07 bits per heavy atom. The van der Waals surface area contributed by atoms with Crippen molar-refractivity contribution in [3.05, 3.63) is 88.8 Å². The molecule has 0 unspecified atom stereocenters. The van der Waals surface area contributed by atoms with E-state index in [-0.39, 0.29) is 11.5 Å². The molecule has 6 heteroatoms. The molecule has 0 aliphatic carbocycles. The lowest BCUT2D eigenvalue weighted by molar-refractivity contribution is -0.124. The molecule has 0 fully saturated rings. The molecule has 2 N–H and O–H groups in total. The third-order valence-corrected chi connectivity index (χ3v) is 5.01. The predicted octanol–water partition coefficient (Wildman–Crippen LogP) is 3.31. The summed E-state index contributed by atoms with van der Waals surface area (Å²) in [5.74, 6) is -0.232. The van der Waals surface area contributed by atoms with E-state index in [0.717, 1.165) is 22.0 Å². The number of benzene rings is 2. The van der Waals surface area contributed by atoms with Gasteiger partial charge in [0.1, 0.15) is 6.04 Å². The Labute approximate surface area is 168 Å². The summed E-state index contributed by atoms with van der Waals surface area (Å²) < 4.78 is 1.24. The van der Waals surface area contributed by atoms with Crippen molar-refractivity contribution in [3.8, 4) is 11.3 Å². The van der Waals surface area contributed by atoms with E-state index in [0.29, 0.717) is 18.7 Å². The number of nitrogens with one attached hydrogen (secondary N) is 2. The minimum absolute atomic E-state index is 0.232. The molecule has 146 valence electrons. The molecule has 0 saturated carbocycles. The third-order valence-electron chi connectivity index (χ3n) is 5.01. The zero-order chi connectivity index (χ0) is 20.2. The minimum atomic E-state index is -0.700. The topological polar surface area (TPSA) is 79.8 Å². The molecule has 2 aromatic carbocycles. The number of hydrogen-bond acceptors (Lipinski definition) is 3. The molecule has 6 nitrogen and oxygen atoms in total. The van der Waals surface area contributed by atoms with Crippen molar-refractivity contribution >= 4 is 16.8 Å². The highest BCUT2D eigenvalue weighted by Crippen LogP contribution is 2.18. The lowest BCUT2D eigenvalue weighted by Gasteiger charge is -2.15. The van der Waals surface area contributed by atoms with Gasteiger partial charge in [-0.3, -0.25) is 9.59 Å². The summed E-state index contributed by atoms with van der Waals surface area (Å²) in [5, 5.41) is 8.47. The van der Waals surface area contributed by atoms with Gasteiger partial charge in [-0.2, -0.15) is 5.10 Å². The molecular formula is C23H22N4O2. The maximum atomic E-state index is 12.6. The molecule has 0 radical (unpaired) electrons. The number of aromatic nitrogens is 3. The van der Waals surface area contributed by atoms with E-state index in [1.54, 1.807) is 13.0 Å². The summed E-state index contributed by atoms with van der Waals surface area (Å²) in [4.78, 5) is 28.1. The van der Waals surface area contributed by atoms with Gasteiger partial charge < -0.3 is 10.3 Å². The molecule has 0 bridgehead atoms. The van der Waals surface area contributed by atoms with Crippen LogP contribution >= 0.6 is 0 Å². The highest BCUT2D eigenvalue weighted by molar-refractivity contribution is 5.83. The van der Waals surface area contributed by atoms with Gasteiger partial charge in [0.15, 0.2) is 0 Å². The van der Waals surface area contributed by atoms with Crippen LogP contribution in [-0.2, 0) is 11.2 Å². The predicted molar refractivity (Wildman–Crippen MR) is 114 cm³/mol. The number of para-hydroxylation sites is 1. The average Bonchev–Trinajstić information content (AvgIpc) is 3.17. The Kier molecular flexibility index (Phi) is 5.24. The van der Waals surface area contributed by atoms with Crippen molar-refractivity contribution in [1.29, 1.82) is 0 Å². The SMILES string of the molecule is C[C@H](C(=O)NCCc1c[nH]c2ccccc12)n1nc(-c2ccccc2)ccc1=O. The monoisotopic (exact) mass is 386 g/mol.